The first kappa shape index (κ1) is 13.2. The van der Waals surface area contributed by atoms with E-state index >= 15 is 0 Å². The lowest BCUT2D eigenvalue weighted by Crippen LogP contribution is -2.11. The molecule has 2 aromatic rings. The summed E-state index contributed by atoms with van der Waals surface area (Å²) >= 11 is 0. The normalized spacial score (nSPS) is 10.4. The van der Waals surface area contributed by atoms with Crippen LogP contribution in [-0.4, -0.2) is 23.3 Å². The number of rotatable bonds is 4. The molecule has 0 N–H and O–H groups in total. The minimum atomic E-state index is -0.491. The maximum atomic E-state index is 11.9. The van der Waals surface area contributed by atoms with Gasteiger partial charge in [-0.1, -0.05) is 12.1 Å². The maximum absolute atomic E-state index is 11.9. The van der Waals surface area contributed by atoms with Gasteiger partial charge >= 0.3 is 5.97 Å². The molecule has 0 atom stereocenters. The number of aryl methyl sites for hydroxylation is 1. The molecule has 0 amide bonds. The molecule has 4 heteroatoms. The lowest BCUT2D eigenvalue weighted by atomic mass is 10.0. The second-order valence-corrected chi connectivity index (χ2v) is 4.29. The molecule has 1 heterocycles. The molecule has 0 aliphatic rings. The van der Waals surface area contributed by atoms with Crippen LogP contribution in [0, 0.1) is 6.92 Å². The highest BCUT2D eigenvalue weighted by Gasteiger charge is 2.13. The molecule has 0 saturated carbocycles. The second-order valence-electron chi connectivity index (χ2n) is 4.29. The third kappa shape index (κ3) is 3.16. The number of nitrogens with zero attached hydrogens (tertiary/aromatic N) is 1. The van der Waals surface area contributed by atoms with Gasteiger partial charge in [-0.05, 0) is 31.4 Å². The Morgan fingerprint density at radius 1 is 1.21 bits per heavy atom. The first-order chi connectivity index (χ1) is 9.10. The fourth-order valence-corrected chi connectivity index (χ4v) is 1.87. The minimum Gasteiger partial charge on any atom is -0.466 e. The monoisotopic (exact) mass is 257 g/mol. The Kier molecular flexibility index (Phi) is 3.90. The number of ketones is 1. The molecular weight excluding hydrogens is 242 g/mol. The summed E-state index contributed by atoms with van der Waals surface area (Å²) in [6, 6.07) is 7.30. The van der Waals surface area contributed by atoms with E-state index in [1.165, 1.54) is 0 Å². The van der Waals surface area contributed by atoms with Crippen molar-refractivity contribution in [2.24, 2.45) is 0 Å². The lowest BCUT2D eigenvalue weighted by molar-refractivity contribution is -0.141. The van der Waals surface area contributed by atoms with Crippen LogP contribution in [0.3, 0.4) is 0 Å². The summed E-state index contributed by atoms with van der Waals surface area (Å²) in [4.78, 5) is 27.4. The van der Waals surface area contributed by atoms with E-state index < -0.39 is 5.97 Å². The Labute approximate surface area is 111 Å². The minimum absolute atomic E-state index is 0.224. The number of esters is 1. The van der Waals surface area contributed by atoms with Gasteiger partial charge in [0, 0.05) is 22.8 Å². The van der Waals surface area contributed by atoms with Crippen LogP contribution in [0.25, 0.3) is 10.8 Å². The molecule has 98 valence electrons. The quantitative estimate of drug-likeness (QED) is 0.480. The standard InChI is InChI=1S/C15H15NO3/c1-3-19-15(18)8-14(17)12-5-4-11-6-10(2)16-9-13(11)7-12/h4-7,9H,3,8H2,1-2H3. The summed E-state index contributed by atoms with van der Waals surface area (Å²) in [7, 11) is 0. The number of Topliss-reactive ketones (excluding diaryl/α,β-unsaturated/α-hetero) is 1. The highest BCUT2D eigenvalue weighted by atomic mass is 16.5. The van der Waals surface area contributed by atoms with Crippen LogP contribution in [0.4, 0.5) is 0 Å². The molecule has 1 aromatic heterocycles. The SMILES string of the molecule is CCOC(=O)CC(=O)c1ccc2cc(C)ncc2c1. The Bertz CT molecular complexity index is 634. The molecule has 2 rings (SSSR count). The summed E-state index contributed by atoms with van der Waals surface area (Å²) in [5.41, 5.74) is 1.43. The van der Waals surface area contributed by atoms with E-state index in [1.807, 2.05) is 19.1 Å². The van der Waals surface area contributed by atoms with Crippen LogP contribution in [0.1, 0.15) is 29.4 Å². The van der Waals surface area contributed by atoms with E-state index in [0.717, 1.165) is 16.5 Å². The van der Waals surface area contributed by atoms with Gasteiger partial charge in [0.25, 0.3) is 0 Å². The van der Waals surface area contributed by atoms with Crippen molar-refractivity contribution in [3.05, 3.63) is 41.7 Å². The van der Waals surface area contributed by atoms with E-state index in [1.54, 1.807) is 25.3 Å². The smallest absolute Gasteiger partial charge is 0.313 e. The van der Waals surface area contributed by atoms with Gasteiger partial charge in [0.15, 0.2) is 5.78 Å². The largest absolute Gasteiger partial charge is 0.466 e. The number of aromatic nitrogens is 1. The lowest BCUT2D eigenvalue weighted by Gasteiger charge is -2.04. The van der Waals surface area contributed by atoms with Gasteiger partial charge in [0.05, 0.1) is 6.61 Å². The van der Waals surface area contributed by atoms with Crippen LogP contribution in [0.15, 0.2) is 30.5 Å². The Balaban J connectivity index is 2.23. The highest BCUT2D eigenvalue weighted by Crippen LogP contribution is 2.17. The summed E-state index contributed by atoms with van der Waals surface area (Å²) in [6.45, 7) is 3.92. The van der Waals surface area contributed by atoms with Crippen molar-refractivity contribution in [3.63, 3.8) is 0 Å². The van der Waals surface area contributed by atoms with Gasteiger partial charge in [0.2, 0.25) is 0 Å². The number of hydrogen-bond acceptors (Lipinski definition) is 4. The number of pyridine rings is 1. The van der Waals surface area contributed by atoms with Crippen LogP contribution in [0.2, 0.25) is 0 Å². The average Bonchev–Trinajstić information content (AvgIpc) is 2.38. The molecule has 0 bridgehead atoms. The summed E-state index contributed by atoms with van der Waals surface area (Å²) in [5.74, 6) is -0.726. The fourth-order valence-electron chi connectivity index (χ4n) is 1.87. The van der Waals surface area contributed by atoms with Crippen molar-refractivity contribution >= 4 is 22.5 Å². The second kappa shape index (κ2) is 5.61. The van der Waals surface area contributed by atoms with E-state index in [0.29, 0.717) is 5.56 Å². The third-order valence-electron chi connectivity index (χ3n) is 2.79. The highest BCUT2D eigenvalue weighted by molar-refractivity contribution is 6.07. The Morgan fingerprint density at radius 3 is 2.74 bits per heavy atom. The molecule has 0 aliphatic heterocycles. The van der Waals surface area contributed by atoms with Crippen molar-refractivity contribution in [1.29, 1.82) is 0 Å². The van der Waals surface area contributed by atoms with Gasteiger partial charge < -0.3 is 4.74 Å². The number of carbonyl (C=O) groups is 2. The number of carbonyl (C=O) groups excluding carboxylic acids is 2. The predicted molar refractivity (Wildman–Crippen MR) is 72.1 cm³/mol. The first-order valence-corrected chi connectivity index (χ1v) is 6.15. The Hall–Kier alpha value is -2.23. The van der Waals surface area contributed by atoms with E-state index in [2.05, 4.69) is 4.98 Å². The van der Waals surface area contributed by atoms with Gasteiger partial charge in [-0.15, -0.1) is 0 Å². The summed E-state index contributed by atoms with van der Waals surface area (Å²) < 4.78 is 4.77. The molecule has 4 nitrogen and oxygen atoms in total. The van der Waals surface area contributed by atoms with Crippen molar-refractivity contribution in [2.75, 3.05) is 6.61 Å². The summed E-state index contributed by atoms with van der Waals surface area (Å²) in [5, 5.41) is 1.92. The van der Waals surface area contributed by atoms with E-state index in [9.17, 15) is 9.59 Å². The van der Waals surface area contributed by atoms with Gasteiger partial charge in [-0.2, -0.15) is 0 Å². The van der Waals surface area contributed by atoms with Crippen molar-refractivity contribution in [2.45, 2.75) is 20.3 Å². The number of ether oxygens (including phenoxy) is 1. The zero-order valence-corrected chi connectivity index (χ0v) is 11.0. The molecule has 0 unspecified atom stereocenters. The molecule has 0 spiro atoms. The molecule has 0 radical (unpaired) electrons. The first-order valence-electron chi connectivity index (χ1n) is 6.15. The van der Waals surface area contributed by atoms with Gasteiger partial charge in [0.1, 0.15) is 6.42 Å². The van der Waals surface area contributed by atoms with Crippen molar-refractivity contribution in [1.82, 2.24) is 4.98 Å². The molecule has 0 saturated heterocycles. The molecular formula is C15H15NO3. The Morgan fingerprint density at radius 2 is 2.00 bits per heavy atom. The van der Waals surface area contributed by atoms with Crippen LogP contribution in [-0.2, 0) is 9.53 Å². The van der Waals surface area contributed by atoms with E-state index in [4.69, 9.17) is 4.74 Å². The zero-order chi connectivity index (χ0) is 13.8. The molecule has 19 heavy (non-hydrogen) atoms. The molecule has 1 aromatic carbocycles. The number of hydrogen-bond donors (Lipinski definition) is 0. The van der Waals surface area contributed by atoms with Crippen LogP contribution >= 0.6 is 0 Å². The third-order valence-corrected chi connectivity index (χ3v) is 2.79. The van der Waals surface area contributed by atoms with Gasteiger partial charge in [-0.25, -0.2) is 0 Å². The zero-order valence-electron chi connectivity index (χ0n) is 11.0. The van der Waals surface area contributed by atoms with Gasteiger partial charge in [-0.3, -0.25) is 14.6 Å². The number of fused-ring (bicyclic) bond motifs is 1. The maximum Gasteiger partial charge on any atom is 0.313 e. The topological polar surface area (TPSA) is 56.3 Å². The fraction of sp³-hybridized carbons (Fsp3) is 0.267. The van der Waals surface area contributed by atoms with E-state index in [-0.39, 0.29) is 18.8 Å². The van der Waals surface area contributed by atoms with Crippen LogP contribution < -0.4 is 0 Å². The van der Waals surface area contributed by atoms with Crippen molar-refractivity contribution < 1.29 is 14.3 Å². The molecule has 0 fully saturated rings. The molecule has 0 aliphatic carbocycles. The summed E-state index contributed by atoms with van der Waals surface area (Å²) in [6.07, 6.45) is 1.50. The van der Waals surface area contributed by atoms with Crippen molar-refractivity contribution in [3.8, 4) is 0 Å². The number of benzene rings is 1. The average molecular weight is 257 g/mol. The predicted octanol–water partition coefficient (Wildman–Crippen LogP) is 2.68. The van der Waals surface area contributed by atoms with Crippen LogP contribution in [0.5, 0.6) is 0 Å².